The number of urea groups is 1. The highest BCUT2D eigenvalue weighted by molar-refractivity contribution is 7.11. The van der Waals surface area contributed by atoms with E-state index in [2.05, 4.69) is 36.6 Å². The van der Waals surface area contributed by atoms with Crippen LogP contribution in [-0.4, -0.2) is 18.1 Å². The lowest BCUT2D eigenvalue weighted by Crippen LogP contribution is -2.48. The first-order valence-electron chi connectivity index (χ1n) is 6.26. The maximum absolute atomic E-state index is 11.6. The highest BCUT2D eigenvalue weighted by Gasteiger charge is 2.19. The molecule has 2 amide bonds. The van der Waals surface area contributed by atoms with Gasteiger partial charge in [-0.2, -0.15) is 0 Å². The normalized spacial score (nSPS) is 17.3. The maximum Gasteiger partial charge on any atom is 0.315 e. The molecular weight excluding hydrogens is 232 g/mol. The lowest BCUT2D eigenvalue weighted by molar-refractivity contribution is 0.225. The molecule has 2 rings (SSSR count). The Kier molecular flexibility index (Phi) is 4.05. The van der Waals surface area contributed by atoms with Gasteiger partial charge in [0, 0.05) is 28.3 Å². The summed E-state index contributed by atoms with van der Waals surface area (Å²) in [5, 5.41) is 5.98. The van der Waals surface area contributed by atoms with Gasteiger partial charge in [-0.1, -0.05) is 0 Å². The van der Waals surface area contributed by atoms with Crippen LogP contribution in [0.2, 0.25) is 0 Å². The van der Waals surface area contributed by atoms with Crippen molar-refractivity contribution in [1.82, 2.24) is 10.6 Å². The Balaban J connectivity index is 1.72. The minimum Gasteiger partial charge on any atom is -0.335 e. The van der Waals surface area contributed by atoms with E-state index in [0.29, 0.717) is 6.04 Å². The highest BCUT2D eigenvalue weighted by Crippen LogP contribution is 2.18. The van der Waals surface area contributed by atoms with E-state index in [-0.39, 0.29) is 12.1 Å². The third kappa shape index (κ3) is 3.73. The van der Waals surface area contributed by atoms with Gasteiger partial charge in [-0.15, -0.1) is 11.3 Å². The zero-order valence-corrected chi connectivity index (χ0v) is 11.3. The lowest BCUT2D eigenvalue weighted by Gasteiger charge is -2.27. The van der Waals surface area contributed by atoms with Gasteiger partial charge in [-0.3, -0.25) is 0 Å². The van der Waals surface area contributed by atoms with Crippen LogP contribution in [0.15, 0.2) is 12.1 Å². The summed E-state index contributed by atoms with van der Waals surface area (Å²) in [5.74, 6) is 0. The SMILES string of the molecule is Cc1ccc(CC(C)NC(=O)NC2CCC2)s1. The molecule has 1 aliphatic rings. The van der Waals surface area contributed by atoms with E-state index in [4.69, 9.17) is 0 Å². The van der Waals surface area contributed by atoms with Gasteiger partial charge in [0.25, 0.3) is 0 Å². The van der Waals surface area contributed by atoms with E-state index < -0.39 is 0 Å². The summed E-state index contributed by atoms with van der Waals surface area (Å²) in [6, 6.07) is 4.85. The average molecular weight is 252 g/mol. The fourth-order valence-electron chi connectivity index (χ4n) is 1.95. The van der Waals surface area contributed by atoms with E-state index in [9.17, 15) is 4.79 Å². The molecule has 1 unspecified atom stereocenters. The van der Waals surface area contributed by atoms with Crippen LogP contribution in [0.25, 0.3) is 0 Å². The average Bonchev–Trinajstić information content (AvgIpc) is 2.57. The maximum atomic E-state index is 11.6. The molecule has 4 heteroatoms. The topological polar surface area (TPSA) is 41.1 Å². The van der Waals surface area contributed by atoms with Crippen LogP contribution >= 0.6 is 11.3 Å². The number of amides is 2. The zero-order valence-electron chi connectivity index (χ0n) is 10.5. The van der Waals surface area contributed by atoms with Crippen molar-refractivity contribution in [1.29, 1.82) is 0 Å². The summed E-state index contributed by atoms with van der Waals surface area (Å²) in [7, 11) is 0. The molecule has 1 saturated carbocycles. The second-order valence-electron chi connectivity index (χ2n) is 4.86. The Morgan fingerprint density at radius 2 is 2.29 bits per heavy atom. The van der Waals surface area contributed by atoms with Crippen molar-refractivity contribution in [3.63, 3.8) is 0 Å². The van der Waals surface area contributed by atoms with Gasteiger partial charge >= 0.3 is 6.03 Å². The van der Waals surface area contributed by atoms with E-state index >= 15 is 0 Å². The van der Waals surface area contributed by atoms with Gasteiger partial charge in [-0.25, -0.2) is 4.79 Å². The van der Waals surface area contributed by atoms with Crippen LogP contribution in [0.4, 0.5) is 4.79 Å². The molecule has 0 saturated heterocycles. The summed E-state index contributed by atoms with van der Waals surface area (Å²) in [6.07, 6.45) is 4.42. The summed E-state index contributed by atoms with van der Waals surface area (Å²) < 4.78 is 0. The van der Waals surface area contributed by atoms with Gasteiger partial charge in [0.05, 0.1) is 0 Å². The van der Waals surface area contributed by atoms with Gasteiger partial charge < -0.3 is 10.6 Å². The number of carbonyl (C=O) groups excluding carboxylic acids is 1. The summed E-state index contributed by atoms with van der Waals surface area (Å²) in [5.41, 5.74) is 0. The van der Waals surface area contributed by atoms with Crippen molar-refractivity contribution in [3.05, 3.63) is 21.9 Å². The summed E-state index contributed by atoms with van der Waals surface area (Å²) in [4.78, 5) is 14.3. The van der Waals surface area contributed by atoms with Crippen LogP contribution < -0.4 is 10.6 Å². The van der Waals surface area contributed by atoms with Crippen molar-refractivity contribution in [3.8, 4) is 0 Å². The predicted octanol–water partition coefficient (Wildman–Crippen LogP) is 2.84. The summed E-state index contributed by atoms with van der Waals surface area (Å²) >= 11 is 1.80. The molecule has 3 nitrogen and oxygen atoms in total. The number of nitrogens with one attached hydrogen (secondary N) is 2. The number of hydrogen-bond acceptors (Lipinski definition) is 2. The van der Waals surface area contributed by atoms with E-state index in [1.807, 2.05) is 0 Å². The third-order valence-corrected chi connectivity index (χ3v) is 4.14. The molecule has 1 aliphatic carbocycles. The van der Waals surface area contributed by atoms with Crippen molar-refractivity contribution in [2.24, 2.45) is 0 Å². The fraction of sp³-hybridized carbons (Fsp3) is 0.615. The lowest BCUT2D eigenvalue weighted by atomic mass is 9.93. The van der Waals surface area contributed by atoms with Crippen LogP contribution in [0.5, 0.6) is 0 Å². The number of hydrogen-bond donors (Lipinski definition) is 2. The highest BCUT2D eigenvalue weighted by atomic mass is 32.1. The fourth-order valence-corrected chi connectivity index (χ4v) is 2.97. The summed E-state index contributed by atoms with van der Waals surface area (Å²) in [6.45, 7) is 4.16. The smallest absolute Gasteiger partial charge is 0.315 e. The molecule has 0 bridgehead atoms. The van der Waals surface area contributed by atoms with Crippen molar-refractivity contribution < 1.29 is 4.79 Å². The van der Waals surface area contributed by atoms with Crippen molar-refractivity contribution >= 4 is 17.4 Å². The monoisotopic (exact) mass is 252 g/mol. The van der Waals surface area contributed by atoms with Gasteiger partial charge in [0.15, 0.2) is 0 Å². The molecule has 0 radical (unpaired) electrons. The van der Waals surface area contributed by atoms with E-state index in [1.54, 1.807) is 11.3 Å². The standard InChI is InChI=1S/C13H20N2OS/c1-9(8-12-7-6-10(2)17-12)14-13(16)15-11-4-3-5-11/h6-7,9,11H,3-5,8H2,1-2H3,(H2,14,15,16). The minimum atomic E-state index is -0.0181. The second kappa shape index (κ2) is 5.54. The minimum absolute atomic E-state index is 0.0181. The number of rotatable bonds is 4. The van der Waals surface area contributed by atoms with Gasteiger partial charge in [0.2, 0.25) is 0 Å². The molecule has 0 aliphatic heterocycles. The predicted molar refractivity (Wildman–Crippen MR) is 71.5 cm³/mol. The Morgan fingerprint density at radius 3 is 2.82 bits per heavy atom. The first-order valence-corrected chi connectivity index (χ1v) is 7.07. The van der Waals surface area contributed by atoms with E-state index in [1.165, 1.54) is 16.2 Å². The molecule has 0 spiro atoms. The zero-order chi connectivity index (χ0) is 12.3. The molecule has 1 aromatic heterocycles. The molecule has 1 fully saturated rings. The molecule has 0 aromatic carbocycles. The van der Waals surface area contributed by atoms with Crippen LogP contribution in [0.3, 0.4) is 0 Å². The quantitative estimate of drug-likeness (QED) is 0.850. The Bertz CT molecular complexity index is 385. The van der Waals surface area contributed by atoms with Gasteiger partial charge in [0.1, 0.15) is 0 Å². The molecule has 17 heavy (non-hydrogen) atoms. The van der Waals surface area contributed by atoms with Crippen LogP contribution in [0.1, 0.15) is 35.9 Å². The Morgan fingerprint density at radius 1 is 1.53 bits per heavy atom. The molecule has 1 atom stereocenters. The first-order chi connectivity index (χ1) is 8.13. The number of thiophene rings is 1. The Labute approximate surface area is 107 Å². The van der Waals surface area contributed by atoms with Crippen molar-refractivity contribution in [2.75, 3.05) is 0 Å². The van der Waals surface area contributed by atoms with Crippen molar-refractivity contribution in [2.45, 2.75) is 51.6 Å². The van der Waals surface area contributed by atoms with Gasteiger partial charge in [-0.05, 0) is 45.2 Å². The molecule has 1 aromatic rings. The number of aryl methyl sites for hydroxylation is 1. The largest absolute Gasteiger partial charge is 0.335 e. The molecule has 1 heterocycles. The number of carbonyl (C=O) groups is 1. The third-order valence-electron chi connectivity index (χ3n) is 3.12. The molecule has 2 N–H and O–H groups in total. The first kappa shape index (κ1) is 12.4. The Hall–Kier alpha value is -1.03. The second-order valence-corrected chi connectivity index (χ2v) is 6.24. The molecular formula is C13H20N2OS. The molecule has 94 valence electrons. The van der Waals surface area contributed by atoms with Crippen LogP contribution in [0, 0.1) is 6.92 Å². The van der Waals surface area contributed by atoms with E-state index in [0.717, 1.165) is 19.3 Å². The van der Waals surface area contributed by atoms with Crippen LogP contribution in [-0.2, 0) is 6.42 Å².